The highest BCUT2D eigenvalue weighted by atomic mass is 79.9. The van der Waals surface area contributed by atoms with Crippen LogP contribution in [0.3, 0.4) is 0 Å². The number of carboxylic acids is 1. The van der Waals surface area contributed by atoms with Crippen LogP contribution >= 0.6 is 31.9 Å². The summed E-state index contributed by atoms with van der Waals surface area (Å²) in [4.78, 5) is 22.6. The lowest BCUT2D eigenvalue weighted by Crippen LogP contribution is -2.17. The molecule has 0 aliphatic rings. The standard InChI is InChI=1S/C16H12Br2N2O5/c17-11-4-10(15(13(18)6-11)25-8-14(22)23)7-19-20-16(24)9-2-1-3-12(21)5-9/h1-7,21H,8H2,(H,20,24)(H,22,23)/b19-7+. The number of halogens is 2. The number of phenolic OH excluding ortho intramolecular Hbond substituents is 1. The third-order valence-corrected chi connectivity index (χ3v) is 3.90. The second-order valence-corrected chi connectivity index (χ2v) is 6.51. The van der Waals surface area contributed by atoms with Crippen LogP contribution in [-0.4, -0.2) is 34.9 Å². The summed E-state index contributed by atoms with van der Waals surface area (Å²) in [5.74, 6) is -1.37. The van der Waals surface area contributed by atoms with Crippen molar-refractivity contribution in [2.75, 3.05) is 6.61 Å². The molecule has 3 N–H and O–H groups in total. The maximum absolute atomic E-state index is 12.0. The first-order chi connectivity index (χ1) is 11.9. The van der Waals surface area contributed by atoms with E-state index >= 15 is 0 Å². The molecule has 9 heteroatoms. The first kappa shape index (κ1) is 18.9. The quantitative estimate of drug-likeness (QED) is 0.443. The number of amides is 1. The minimum Gasteiger partial charge on any atom is -0.508 e. The molecule has 25 heavy (non-hydrogen) atoms. The van der Waals surface area contributed by atoms with Gasteiger partial charge in [0.05, 0.1) is 10.7 Å². The summed E-state index contributed by atoms with van der Waals surface area (Å²) in [6, 6.07) is 9.18. The van der Waals surface area contributed by atoms with Gasteiger partial charge in [-0.2, -0.15) is 5.10 Å². The lowest BCUT2D eigenvalue weighted by atomic mass is 10.2. The average molecular weight is 472 g/mol. The Morgan fingerprint density at radius 2 is 2.00 bits per heavy atom. The summed E-state index contributed by atoms with van der Waals surface area (Å²) >= 11 is 6.60. The van der Waals surface area contributed by atoms with E-state index in [1.807, 2.05) is 0 Å². The van der Waals surface area contributed by atoms with Gasteiger partial charge in [-0.3, -0.25) is 4.79 Å². The number of ether oxygens (including phenoxy) is 1. The molecule has 0 atom stereocenters. The van der Waals surface area contributed by atoms with Gasteiger partial charge < -0.3 is 14.9 Å². The number of benzene rings is 2. The Bertz CT molecular complexity index is 839. The molecule has 2 rings (SSSR count). The number of hydrogen-bond donors (Lipinski definition) is 3. The molecule has 0 radical (unpaired) electrons. The maximum atomic E-state index is 12.0. The third-order valence-electron chi connectivity index (χ3n) is 2.86. The van der Waals surface area contributed by atoms with E-state index in [2.05, 4.69) is 42.4 Å². The molecule has 0 spiro atoms. The van der Waals surface area contributed by atoms with Crippen molar-refractivity contribution in [2.45, 2.75) is 0 Å². The van der Waals surface area contributed by atoms with Crippen LogP contribution in [0.1, 0.15) is 15.9 Å². The number of nitrogens with zero attached hydrogens (tertiary/aromatic N) is 1. The van der Waals surface area contributed by atoms with E-state index in [-0.39, 0.29) is 17.1 Å². The lowest BCUT2D eigenvalue weighted by Gasteiger charge is -2.10. The van der Waals surface area contributed by atoms with Crippen molar-refractivity contribution in [1.82, 2.24) is 5.43 Å². The number of hydrogen-bond acceptors (Lipinski definition) is 5. The van der Waals surface area contributed by atoms with Crippen LogP contribution in [0.25, 0.3) is 0 Å². The van der Waals surface area contributed by atoms with Crippen LogP contribution < -0.4 is 10.2 Å². The van der Waals surface area contributed by atoms with Crippen LogP contribution in [0, 0.1) is 0 Å². The summed E-state index contributed by atoms with van der Waals surface area (Å²) in [6.45, 7) is -0.517. The van der Waals surface area contributed by atoms with Crippen molar-refractivity contribution >= 4 is 50.0 Å². The van der Waals surface area contributed by atoms with Gasteiger partial charge in [0.15, 0.2) is 6.61 Å². The number of carbonyl (C=O) groups is 2. The molecule has 0 heterocycles. The Morgan fingerprint density at radius 3 is 2.68 bits per heavy atom. The zero-order chi connectivity index (χ0) is 18.4. The van der Waals surface area contributed by atoms with Crippen LogP contribution in [0.15, 0.2) is 50.4 Å². The molecule has 0 fully saturated rings. The van der Waals surface area contributed by atoms with Gasteiger partial charge in [0.25, 0.3) is 5.91 Å². The Balaban J connectivity index is 2.16. The van der Waals surface area contributed by atoms with Gasteiger partial charge in [0.1, 0.15) is 11.5 Å². The highest BCUT2D eigenvalue weighted by Gasteiger charge is 2.11. The fourth-order valence-corrected chi connectivity index (χ4v) is 3.21. The van der Waals surface area contributed by atoms with E-state index in [4.69, 9.17) is 9.84 Å². The molecule has 130 valence electrons. The average Bonchev–Trinajstić information content (AvgIpc) is 2.53. The first-order valence-electron chi connectivity index (χ1n) is 6.83. The van der Waals surface area contributed by atoms with Crippen molar-refractivity contribution in [1.29, 1.82) is 0 Å². The predicted molar refractivity (Wildman–Crippen MR) is 98.1 cm³/mol. The van der Waals surface area contributed by atoms with E-state index in [0.717, 1.165) is 0 Å². The van der Waals surface area contributed by atoms with Crippen LogP contribution in [0.4, 0.5) is 0 Å². The van der Waals surface area contributed by atoms with Gasteiger partial charge >= 0.3 is 5.97 Å². The highest BCUT2D eigenvalue weighted by Crippen LogP contribution is 2.32. The molecule has 2 aromatic carbocycles. The number of hydrazone groups is 1. The molecular formula is C16H12Br2N2O5. The fraction of sp³-hybridized carbons (Fsp3) is 0.0625. The van der Waals surface area contributed by atoms with E-state index in [9.17, 15) is 14.7 Å². The number of phenols is 1. The Hall–Kier alpha value is -2.39. The summed E-state index contributed by atoms with van der Waals surface area (Å²) < 4.78 is 6.48. The van der Waals surface area contributed by atoms with Crippen molar-refractivity contribution < 1.29 is 24.5 Å². The van der Waals surface area contributed by atoms with Crippen molar-refractivity contribution in [3.63, 3.8) is 0 Å². The molecule has 0 unspecified atom stereocenters. The number of aromatic hydroxyl groups is 1. The molecule has 1 amide bonds. The molecule has 7 nitrogen and oxygen atoms in total. The fourth-order valence-electron chi connectivity index (χ4n) is 1.83. The number of aliphatic carboxylic acids is 1. The second kappa shape index (κ2) is 8.63. The molecule has 0 aromatic heterocycles. The lowest BCUT2D eigenvalue weighted by molar-refractivity contribution is -0.139. The van der Waals surface area contributed by atoms with Gasteiger partial charge in [0.2, 0.25) is 0 Å². The number of nitrogens with one attached hydrogen (secondary N) is 1. The smallest absolute Gasteiger partial charge is 0.341 e. The SMILES string of the molecule is O=C(O)COc1c(Br)cc(Br)cc1/C=N/NC(=O)c1cccc(O)c1. The van der Waals surface area contributed by atoms with Gasteiger partial charge in [0, 0.05) is 15.6 Å². The normalized spacial score (nSPS) is 10.6. The summed E-state index contributed by atoms with van der Waals surface area (Å²) in [6.07, 6.45) is 1.33. The number of carboxylic acid groups (broad SMARTS) is 1. The molecular weight excluding hydrogens is 460 g/mol. The summed E-state index contributed by atoms with van der Waals surface area (Å²) in [5.41, 5.74) is 3.03. The molecule has 2 aromatic rings. The number of rotatable bonds is 6. The van der Waals surface area contributed by atoms with E-state index in [0.29, 0.717) is 14.5 Å². The Morgan fingerprint density at radius 1 is 1.24 bits per heavy atom. The Labute approximate surface area is 159 Å². The van der Waals surface area contributed by atoms with Crippen LogP contribution in [-0.2, 0) is 4.79 Å². The van der Waals surface area contributed by atoms with Gasteiger partial charge in [-0.1, -0.05) is 22.0 Å². The van der Waals surface area contributed by atoms with Gasteiger partial charge in [-0.05, 0) is 46.3 Å². The van der Waals surface area contributed by atoms with E-state index in [1.165, 1.54) is 30.5 Å². The van der Waals surface area contributed by atoms with E-state index in [1.54, 1.807) is 12.1 Å². The molecule has 0 saturated carbocycles. The van der Waals surface area contributed by atoms with E-state index < -0.39 is 18.5 Å². The van der Waals surface area contributed by atoms with Crippen molar-refractivity contribution in [3.8, 4) is 11.5 Å². The molecule has 0 aliphatic heterocycles. The highest BCUT2D eigenvalue weighted by molar-refractivity contribution is 9.11. The topological polar surface area (TPSA) is 108 Å². The zero-order valence-corrected chi connectivity index (χ0v) is 15.7. The first-order valence-corrected chi connectivity index (χ1v) is 8.41. The summed E-state index contributed by atoms with van der Waals surface area (Å²) in [5, 5.41) is 22.0. The Kier molecular flexibility index (Phi) is 6.54. The predicted octanol–water partition coefficient (Wildman–Crippen LogP) is 3.14. The number of carbonyl (C=O) groups excluding carboxylic acids is 1. The molecule has 0 aliphatic carbocycles. The minimum atomic E-state index is -1.12. The third kappa shape index (κ3) is 5.57. The van der Waals surface area contributed by atoms with Gasteiger partial charge in [-0.15, -0.1) is 0 Å². The van der Waals surface area contributed by atoms with Gasteiger partial charge in [-0.25, -0.2) is 10.2 Å². The van der Waals surface area contributed by atoms with Crippen LogP contribution in [0.2, 0.25) is 0 Å². The van der Waals surface area contributed by atoms with Crippen molar-refractivity contribution in [2.24, 2.45) is 5.10 Å². The second-order valence-electron chi connectivity index (χ2n) is 4.74. The molecule has 0 bridgehead atoms. The largest absolute Gasteiger partial charge is 0.508 e. The minimum absolute atomic E-state index is 0.0306. The van der Waals surface area contributed by atoms with Crippen molar-refractivity contribution in [3.05, 3.63) is 56.5 Å². The maximum Gasteiger partial charge on any atom is 0.341 e. The van der Waals surface area contributed by atoms with Crippen LogP contribution in [0.5, 0.6) is 11.5 Å². The zero-order valence-electron chi connectivity index (χ0n) is 12.6. The summed E-state index contributed by atoms with van der Waals surface area (Å²) in [7, 11) is 0. The monoisotopic (exact) mass is 470 g/mol. The molecule has 0 saturated heterocycles.